The van der Waals surface area contributed by atoms with Crippen LogP contribution in [0.2, 0.25) is 0 Å². The van der Waals surface area contributed by atoms with E-state index < -0.39 is 11.7 Å². The number of hydrogen-bond acceptors (Lipinski definition) is 1. The Hall–Kier alpha value is -4.12. The van der Waals surface area contributed by atoms with Crippen molar-refractivity contribution in [3.63, 3.8) is 0 Å². The lowest BCUT2D eigenvalue weighted by molar-refractivity contribution is -0.137. The molecule has 33 heavy (non-hydrogen) atoms. The van der Waals surface area contributed by atoms with Gasteiger partial charge in [-0.3, -0.25) is 4.57 Å². The third kappa shape index (κ3) is 4.05. The molecule has 5 rings (SSSR count). The fraction of sp³-hybridized carbons (Fsp3) is 0.0357. The van der Waals surface area contributed by atoms with Gasteiger partial charge >= 0.3 is 6.18 Å². The van der Waals surface area contributed by atoms with Crippen molar-refractivity contribution in [1.82, 2.24) is 9.55 Å². The van der Waals surface area contributed by atoms with Crippen LogP contribution >= 0.6 is 0 Å². The van der Waals surface area contributed by atoms with Gasteiger partial charge in [-0.15, -0.1) is 0 Å². The molecular formula is C28H19F3N2. The Morgan fingerprint density at radius 3 is 1.64 bits per heavy atom. The summed E-state index contributed by atoms with van der Waals surface area (Å²) in [6.07, 6.45) is -0.862. The van der Waals surface area contributed by atoms with E-state index in [-0.39, 0.29) is 0 Å². The van der Waals surface area contributed by atoms with Crippen molar-refractivity contribution in [3.05, 3.63) is 121 Å². The van der Waals surface area contributed by atoms with Crippen molar-refractivity contribution >= 4 is 0 Å². The van der Waals surface area contributed by atoms with Gasteiger partial charge in [0.1, 0.15) is 5.82 Å². The molecule has 0 aliphatic heterocycles. The Balaban J connectivity index is 1.73. The molecule has 1 aromatic heterocycles. The lowest BCUT2D eigenvalue weighted by Crippen LogP contribution is -2.05. The lowest BCUT2D eigenvalue weighted by Gasteiger charge is -2.19. The van der Waals surface area contributed by atoms with E-state index in [0.29, 0.717) is 11.4 Å². The minimum atomic E-state index is -4.38. The molecule has 0 amide bonds. The highest BCUT2D eigenvalue weighted by molar-refractivity contribution is 5.86. The molecule has 0 saturated heterocycles. The van der Waals surface area contributed by atoms with Gasteiger partial charge in [-0.05, 0) is 23.3 Å². The summed E-state index contributed by atoms with van der Waals surface area (Å²) in [5, 5.41) is 0. The first kappa shape index (κ1) is 20.8. The van der Waals surface area contributed by atoms with Crippen molar-refractivity contribution in [1.29, 1.82) is 0 Å². The molecule has 5 heteroatoms. The van der Waals surface area contributed by atoms with Crippen molar-refractivity contribution in [2.24, 2.45) is 0 Å². The molecule has 4 aromatic carbocycles. The summed E-state index contributed by atoms with van der Waals surface area (Å²) < 4.78 is 41.2. The summed E-state index contributed by atoms with van der Waals surface area (Å²) in [6, 6.07) is 31.3. The van der Waals surface area contributed by atoms with Gasteiger partial charge in [0.2, 0.25) is 0 Å². The number of benzene rings is 4. The third-order valence-electron chi connectivity index (χ3n) is 5.56. The fourth-order valence-corrected chi connectivity index (χ4v) is 4.01. The first-order valence-electron chi connectivity index (χ1n) is 10.5. The molecule has 1 heterocycles. The number of halogens is 3. The summed E-state index contributed by atoms with van der Waals surface area (Å²) >= 11 is 0. The van der Waals surface area contributed by atoms with Crippen molar-refractivity contribution in [2.45, 2.75) is 6.18 Å². The standard InChI is InChI=1S/C28H19F3N2/c29-28(30,31)23-16-14-22(15-17-23)27-32-18-19-33(27)26-24(20-8-3-1-4-9-20)12-7-13-25(26)21-10-5-2-6-11-21/h1-19H. The second-order valence-corrected chi connectivity index (χ2v) is 7.63. The average molecular weight is 440 g/mol. The Morgan fingerprint density at radius 1 is 0.576 bits per heavy atom. The van der Waals surface area contributed by atoms with Crippen LogP contribution in [0.25, 0.3) is 39.3 Å². The average Bonchev–Trinajstić information content (AvgIpc) is 3.34. The van der Waals surface area contributed by atoms with E-state index in [2.05, 4.69) is 4.98 Å². The number of alkyl halides is 3. The predicted octanol–water partition coefficient (Wildman–Crippen LogP) is 7.89. The zero-order valence-electron chi connectivity index (χ0n) is 17.5. The van der Waals surface area contributed by atoms with Gasteiger partial charge in [-0.2, -0.15) is 13.2 Å². The first-order chi connectivity index (χ1) is 16.0. The molecule has 0 spiro atoms. The topological polar surface area (TPSA) is 17.8 Å². The largest absolute Gasteiger partial charge is 0.416 e. The van der Waals surface area contributed by atoms with E-state index in [1.165, 1.54) is 12.1 Å². The molecular weight excluding hydrogens is 421 g/mol. The summed E-state index contributed by atoms with van der Waals surface area (Å²) in [5.41, 5.74) is 4.93. The van der Waals surface area contributed by atoms with Crippen molar-refractivity contribution in [2.75, 3.05) is 0 Å². The first-order valence-corrected chi connectivity index (χ1v) is 10.5. The Labute approximate surface area is 189 Å². The number of aromatic nitrogens is 2. The zero-order valence-corrected chi connectivity index (χ0v) is 17.5. The van der Waals surface area contributed by atoms with E-state index in [4.69, 9.17) is 0 Å². The Bertz CT molecular complexity index is 1310. The van der Waals surface area contributed by atoms with Gasteiger partial charge in [-0.25, -0.2) is 4.98 Å². The van der Waals surface area contributed by atoms with E-state index in [9.17, 15) is 13.2 Å². The highest BCUT2D eigenvalue weighted by Gasteiger charge is 2.30. The van der Waals surface area contributed by atoms with Gasteiger partial charge in [0.15, 0.2) is 0 Å². The molecule has 162 valence electrons. The van der Waals surface area contributed by atoms with Crippen LogP contribution in [0.5, 0.6) is 0 Å². The lowest BCUT2D eigenvalue weighted by atomic mass is 9.95. The maximum atomic E-state index is 13.1. The predicted molar refractivity (Wildman–Crippen MR) is 125 cm³/mol. The summed E-state index contributed by atoms with van der Waals surface area (Å²) in [4.78, 5) is 4.51. The number of para-hydroxylation sites is 1. The number of imidazole rings is 1. The van der Waals surface area contributed by atoms with Crippen molar-refractivity contribution < 1.29 is 13.2 Å². The summed E-state index contributed by atoms with van der Waals surface area (Å²) in [6.45, 7) is 0. The van der Waals surface area contributed by atoms with Gasteiger partial charge < -0.3 is 0 Å². The number of hydrogen-bond donors (Lipinski definition) is 0. The molecule has 0 saturated carbocycles. The second-order valence-electron chi connectivity index (χ2n) is 7.63. The summed E-state index contributed by atoms with van der Waals surface area (Å²) in [7, 11) is 0. The van der Waals surface area contributed by atoms with E-state index in [1.807, 2.05) is 89.6 Å². The SMILES string of the molecule is FC(F)(F)c1ccc(-c2nccn2-c2c(-c3ccccc3)cccc2-c2ccccc2)cc1. The van der Waals surface area contributed by atoms with Crippen molar-refractivity contribution in [3.8, 4) is 39.3 Å². The van der Waals surface area contributed by atoms with Crippen LogP contribution in [0.15, 0.2) is 116 Å². The molecule has 0 aliphatic rings. The Morgan fingerprint density at radius 2 is 1.12 bits per heavy atom. The normalized spacial score (nSPS) is 11.5. The second kappa shape index (κ2) is 8.43. The maximum absolute atomic E-state index is 13.1. The molecule has 0 bridgehead atoms. The van der Waals surface area contributed by atoms with Crippen LogP contribution in [-0.4, -0.2) is 9.55 Å². The minimum absolute atomic E-state index is 0.573. The molecule has 0 N–H and O–H groups in total. The van der Waals surface area contributed by atoms with Crippen LogP contribution in [0.4, 0.5) is 13.2 Å². The number of nitrogens with zero attached hydrogens (tertiary/aromatic N) is 2. The molecule has 0 aliphatic carbocycles. The minimum Gasteiger partial charge on any atom is -0.299 e. The highest BCUT2D eigenvalue weighted by Crippen LogP contribution is 2.38. The van der Waals surface area contributed by atoms with Crippen LogP contribution < -0.4 is 0 Å². The maximum Gasteiger partial charge on any atom is 0.416 e. The van der Waals surface area contributed by atoms with Crippen LogP contribution in [0.3, 0.4) is 0 Å². The smallest absolute Gasteiger partial charge is 0.299 e. The molecule has 0 fully saturated rings. The van der Waals surface area contributed by atoms with Gasteiger partial charge in [0.25, 0.3) is 0 Å². The van der Waals surface area contributed by atoms with Gasteiger partial charge in [0, 0.05) is 29.1 Å². The zero-order chi connectivity index (χ0) is 22.8. The third-order valence-corrected chi connectivity index (χ3v) is 5.56. The molecule has 0 radical (unpaired) electrons. The van der Waals surface area contributed by atoms with Crippen LogP contribution in [0.1, 0.15) is 5.56 Å². The van der Waals surface area contributed by atoms with E-state index in [0.717, 1.165) is 40.1 Å². The van der Waals surface area contributed by atoms with E-state index >= 15 is 0 Å². The van der Waals surface area contributed by atoms with Gasteiger partial charge in [-0.1, -0.05) is 91.0 Å². The van der Waals surface area contributed by atoms with Crippen LogP contribution in [-0.2, 0) is 6.18 Å². The summed E-state index contributed by atoms with van der Waals surface area (Å²) in [5.74, 6) is 0.573. The highest BCUT2D eigenvalue weighted by atomic mass is 19.4. The van der Waals surface area contributed by atoms with Gasteiger partial charge in [0.05, 0.1) is 11.3 Å². The Kier molecular flexibility index (Phi) is 5.31. The molecule has 0 unspecified atom stereocenters. The molecule has 0 atom stereocenters. The number of rotatable bonds is 4. The van der Waals surface area contributed by atoms with E-state index in [1.54, 1.807) is 6.20 Å². The monoisotopic (exact) mass is 440 g/mol. The quantitative estimate of drug-likeness (QED) is 0.278. The fourth-order valence-electron chi connectivity index (χ4n) is 4.01. The van der Waals surface area contributed by atoms with Crippen LogP contribution in [0, 0.1) is 0 Å². The molecule has 2 nitrogen and oxygen atoms in total. The molecule has 5 aromatic rings.